The number of hydrazine groups is 1. The van der Waals surface area contributed by atoms with Gasteiger partial charge in [0.25, 0.3) is 0 Å². The van der Waals surface area contributed by atoms with Gasteiger partial charge in [0.15, 0.2) is 11.6 Å². The van der Waals surface area contributed by atoms with E-state index in [0.29, 0.717) is 0 Å². The number of rotatable bonds is 6. The molecule has 0 spiro atoms. The van der Waals surface area contributed by atoms with Gasteiger partial charge in [0.05, 0.1) is 7.11 Å². The second-order valence-electron chi connectivity index (χ2n) is 3.92. The van der Waals surface area contributed by atoms with E-state index in [2.05, 4.69) is 12.0 Å². The monoisotopic (exact) mass is 238 g/mol. The Labute approximate surface area is 101 Å². The highest BCUT2D eigenvalue weighted by Crippen LogP contribution is 2.26. The molecular formula is C13H19FN2O. The Morgan fingerprint density at radius 1 is 1.59 bits per heavy atom. The molecule has 94 valence electrons. The average molecular weight is 238 g/mol. The summed E-state index contributed by atoms with van der Waals surface area (Å²) in [5, 5.41) is 0. The number of hydrogen-bond acceptors (Lipinski definition) is 3. The van der Waals surface area contributed by atoms with E-state index < -0.39 is 0 Å². The molecule has 1 unspecified atom stereocenters. The van der Waals surface area contributed by atoms with Crippen molar-refractivity contribution in [2.24, 2.45) is 5.84 Å². The fourth-order valence-electron chi connectivity index (χ4n) is 1.60. The molecule has 0 fully saturated rings. The maximum absolute atomic E-state index is 13.3. The fourth-order valence-corrected chi connectivity index (χ4v) is 1.60. The molecule has 0 aromatic heterocycles. The van der Waals surface area contributed by atoms with E-state index in [1.165, 1.54) is 13.2 Å². The van der Waals surface area contributed by atoms with Gasteiger partial charge >= 0.3 is 0 Å². The molecule has 0 aliphatic carbocycles. The first-order chi connectivity index (χ1) is 8.12. The summed E-state index contributed by atoms with van der Waals surface area (Å²) < 4.78 is 18.2. The molecule has 0 amide bonds. The van der Waals surface area contributed by atoms with Crippen molar-refractivity contribution in [1.29, 1.82) is 0 Å². The summed E-state index contributed by atoms with van der Waals surface area (Å²) in [6.07, 6.45) is 1.62. The predicted octanol–water partition coefficient (Wildman–Crippen LogP) is 2.70. The zero-order valence-corrected chi connectivity index (χ0v) is 10.3. The molecule has 1 rings (SSSR count). The van der Waals surface area contributed by atoms with Crippen LogP contribution in [0.5, 0.6) is 5.75 Å². The molecule has 0 bridgehead atoms. The second-order valence-corrected chi connectivity index (χ2v) is 3.92. The first-order valence-electron chi connectivity index (χ1n) is 5.58. The third-order valence-corrected chi connectivity index (χ3v) is 2.77. The lowest BCUT2D eigenvalue weighted by molar-refractivity contribution is 0.384. The van der Waals surface area contributed by atoms with Crippen molar-refractivity contribution in [2.45, 2.75) is 25.8 Å². The van der Waals surface area contributed by atoms with E-state index in [9.17, 15) is 4.39 Å². The highest BCUT2D eigenvalue weighted by molar-refractivity contribution is 5.32. The smallest absolute Gasteiger partial charge is 0.165 e. The standard InChI is InChI=1S/C13H19FN2O/c1-4-9(2)7-12(16-15)10-5-6-11(14)13(8-10)17-3/h5-6,8,12,16H,2,4,7,15H2,1,3H3. The van der Waals surface area contributed by atoms with Gasteiger partial charge in [0.1, 0.15) is 0 Å². The lowest BCUT2D eigenvalue weighted by atomic mass is 9.99. The third-order valence-electron chi connectivity index (χ3n) is 2.77. The summed E-state index contributed by atoms with van der Waals surface area (Å²) in [6.45, 7) is 5.99. The molecule has 3 N–H and O–H groups in total. The van der Waals surface area contributed by atoms with E-state index >= 15 is 0 Å². The van der Waals surface area contributed by atoms with Gasteiger partial charge in [-0.15, -0.1) is 0 Å². The van der Waals surface area contributed by atoms with Crippen molar-refractivity contribution >= 4 is 0 Å². The van der Waals surface area contributed by atoms with Gasteiger partial charge in [0, 0.05) is 6.04 Å². The Morgan fingerprint density at radius 2 is 2.29 bits per heavy atom. The molecule has 1 aromatic carbocycles. The lowest BCUT2D eigenvalue weighted by Gasteiger charge is -2.18. The van der Waals surface area contributed by atoms with E-state index in [-0.39, 0.29) is 17.6 Å². The minimum atomic E-state index is -0.374. The van der Waals surface area contributed by atoms with Crippen LogP contribution in [0.3, 0.4) is 0 Å². The Balaban J connectivity index is 2.91. The summed E-state index contributed by atoms with van der Waals surface area (Å²) in [5.74, 6) is 5.36. The summed E-state index contributed by atoms with van der Waals surface area (Å²) in [6, 6.07) is 4.67. The molecule has 17 heavy (non-hydrogen) atoms. The third kappa shape index (κ3) is 3.54. The lowest BCUT2D eigenvalue weighted by Crippen LogP contribution is -2.28. The van der Waals surface area contributed by atoms with Crippen LogP contribution < -0.4 is 16.0 Å². The molecule has 3 nitrogen and oxygen atoms in total. The van der Waals surface area contributed by atoms with Crippen LogP contribution in [-0.4, -0.2) is 7.11 Å². The van der Waals surface area contributed by atoms with Crippen LogP contribution in [0.25, 0.3) is 0 Å². The zero-order chi connectivity index (χ0) is 12.8. The Bertz CT molecular complexity index is 393. The van der Waals surface area contributed by atoms with Crippen LogP contribution in [0.1, 0.15) is 31.4 Å². The largest absolute Gasteiger partial charge is 0.494 e. The zero-order valence-electron chi connectivity index (χ0n) is 10.3. The molecule has 0 aliphatic heterocycles. The SMILES string of the molecule is C=C(CC)CC(NN)c1ccc(F)c(OC)c1. The maximum Gasteiger partial charge on any atom is 0.165 e. The van der Waals surface area contributed by atoms with E-state index in [0.717, 1.165) is 24.0 Å². The summed E-state index contributed by atoms with van der Waals surface area (Å²) in [7, 11) is 1.44. The van der Waals surface area contributed by atoms with Crippen LogP contribution >= 0.6 is 0 Å². The predicted molar refractivity (Wildman–Crippen MR) is 67.1 cm³/mol. The number of benzene rings is 1. The van der Waals surface area contributed by atoms with Crippen molar-refractivity contribution < 1.29 is 9.13 Å². The van der Waals surface area contributed by atoms with Gasteiger partial charge in [-0.25, -0.2) is 4.39 Å². The highest BCUT2D eigenvalue weighted by Gasteiger charge is 2.13. The molecular weight excluding hydrogens is 219 g/mol. The topological polar surface area (TPSA) is 47.3 Å². The van der Waals surface area contributed by atoms with Crippen molar-refractivity contribution in [3.05, 3.63) is 41.7 Å². The first-order valence-corrected chi connectivity index (χ1v) is 5.58. The van der Waals surface area contributed by atoms with E-state index in [4.69, 9.17) is 10.6 Å². The number of nitrogens with two attached hydrogens (primary N) is 1. The molecule has 0 saturated carbocycles. The van der Waals surface area contributed by atoms with Gasteiger partial charge in [-0.1, -0.05) is 25.1 Å². The molecule has 0 radical (unpaired) electrons. The number of hydrogen-bond donors (Lipinski definition) is 2. The maximum atomic E-state index is 13.3. The van der Waals surface area contributed by atoms with Gasteiger partial charge in [-0.3, -0.25) is 11.3 Å². The summed E-state index contributed by atoms with van der Waals surface area (Å²) in [5.41, 5.74) is 4.70. The molecule has 1 aromatic rings. The summed E-state index contributed by atoms with van der Waals surface area (Å²) in [4.78, 5) is 0. The molecule has 0 aliphatic rings. The Kier molecular flexibility index (Phi) is 5.12. The van der Waals surface area contributed by atoms with Crippen LogP contribution in [0.4, 0.5) is 4.39 Å². The molecule has 0 heterocycles. The van der Waals surface area contributed by atoms with Crippen LogP contribution in [0, 0.1) is 5.82 Å². The van der Waals surface area contributed by atoms with E-state index in [1.54, 1.807) is 12.1 Å². The molecule has 0 saturated heterocycles. The number of ether oxygens (including phenoxy) is 1. The number of nitrogens with one attached hydrogen (secondary N) is 1. The van der Waals surface area contributed by atoms with E-state index in [1.807, 2.05) is 6.92 Å². The van der Waals surface area contributed by atoms with Crippen molar-refractivity contribution in [1.82, 2.24) is 5.43 Å². The van der Waals surface area contributed by atoms with Crippen LogP contribution in [-0.2, 0) is 0 Å². The Morgan fingerprint density at radius 3 is 2.82 bits per heavy atom. The first kappa shape index (κ1) is 13.7. The molecule has 4 heteroatoms. The molecule has 1 atom stereocenters. The average Bonchev–Trinajstić information content (AvgIpc) is 2.36. The quantitative estimate of drug-likeness (QED) is 0.455. The second kappa shape index (κ2) is 6.37. The minimum Gasteiger partial charge on any atom is -0.494 e. The normalized spacial score (nSPS) is 12.2. The fraction of sp³-hybridized carbons (Fsp3) is 0.385. The van der Waals surface area contributed by atoms with Gasteiger partial charge in [0.2, 0.25) is 0 Å². The highest BCUT2D eigenvalue weighted by atomic mass is 19.1. The van der Waals surface area contributed by atoms with Crippen LogP contribution in [0.2, 0.25) is 0 Å². The number of methoxy groups -OCH3 is 1. The van der Waals surface area contributed by atoms with Crippen LogP contribution in [0.15, 0.2) is 30.4 Å². The Hall–Kier alpha value is -1.39. The van der Waals surface area contributed by atoms with Gasteiger partial charge in [-0.05, 0) is 30.5 Å². The number of halogens is 1. The summed E-state index contributed by atoms with van der Waals surface area (Å²) >= 11 is 0. The van der Waals surface area contributed by atoms with Crippen molar-refractivity contribution in [2.75, 3.05) is 7.11 Å². The minimum absolute atomic E-state index is 0.0723. The van der Waals surface area contributed by atoms with Crippen molar-refractivity contribution in [3.63, 3.8) is 0 Å². The van der Waals surface area contributed by atoms with Crippen molar-refractivity contribution in [3.8, 4) is 5.75 Å². The van der Waals surface area contributed by atoms with Gasteiger partial charge < -0.3 is 4.74 Å². The van der Waals surface area contributed by atoms with Gasteiger partial charge in [-0.2, -0.15) is 0 Å².